The Morgan fingerprint density at radius 1 is 1.23 bits per heavy atom. The first-order chi connectivity index (χ1) is 12.1. The van der Waals surface area contributed by atoms with Crippen molar-refractivity contribution in [1.82, 2.24) is 14.6 Å². The molecule has 2 aromatic rings. The minimum Gasteiger partial charge on any atom is -0.351 e. The summed E-state index contributed by atoms with van der Waals surface area (Å²) in [6.07, 6.45) is -1.90. The molecule has 0 bridgehead atoms. The molecule has 0 unspecified atom stereocenters. The number of nitrogens with one attached hydrogen (secondary N) is 1. The highest BCUT2D eigenvalue weighted by molar-refractivity contribution is 7.89. The number of carbonyl (C=O) groups is 1. The molecular formula is C16H16F3N3O3S. The standard InChI is InChI=1S/C16H16F3N3O3S/c1-22(26(24,25)14-6-3-7-20-10-14)11-15(23)21-9-12-4-2-5-13(8-12)16(17,18)19/h2-8,10H,9,11H2,1H3,(H,21,23). The number of halogens is 3. The number of hydrogen-bond donors (Lipinski definition) is 1. The van der Waals surface area contributed by atoms with Crippen LogP contribution in [0.1, 0.15) is 11.1 Å². The van der Waals surface area contributed by atoms with E-state index in [1.807, 2.05) is 0 Å². The van der Waals surface area contributed by atoms with E-state index in [0.29, 0.717) is 0 Å². The Labute approximate surface area is 148 Å². The van der Waals surface area contributed by atoms with Gasteiger partial charge in [-0.1, -0.05) is 12.1 Å². The van der Waals surface area contributed by atoms with Gasteiger partial charge in [-0.3, -0.25) is 9.78 Å². The van der Waals surface area contributed by atoms with Crippen molar-refractivity contribution in [2.24, 2.45) is 0 Å². The zero-order chi connectivity index (χ0) is 19.4. The molecule has 0 saturated heterocycles. The fraction of sp³-hybridized carbons (Fsp3) is 0.250. The van der Waals surface area contributed by atoms with Gasteiger partial charge >= 0.3 is 6.18 Å². The first kappa shape index (κ1) is 19.9. The number of alkyl halides is 3. The number of rotatable bonds is 6. The van der Waals surface area contributed by atoms with Crippen LogP contribution >= 0.6 is 0 Å². The molecule has 1 heterocycles. The van der Waals surface area contributed by atoms with Crippen molar-refractivity contribution in [3.05, 3.63) is 59.9 Å². The maximum absolute atomic E-state index is 12.7. The summed E-state index contributed by atoms with van der Waals surface area (Å²) in [5, 5.41) is 2.40. The van der Waals surface area contributed by atoms with Gasteiger partial charge in [-0.25, -0.2) is 8.42 Å². The number of nitrogens with zero attached hydrogens (tertiary/aromatic N) is 2. The molecule has 1 amide bonds. The van der Waals surface area contributed by atoms with E-state index in [9.17, 15) is 26.4 Å². The Morgan fingerprint density at radius 2 is 1.96 bits per heavy atom. The molecular weight excluding hydrogens is 371 g/mol. The molecule has 0 aliphatic carbocycles. The number of carbonyl (C=O) groups excluding carboxylic acids is 1. The van der Waals surface area contributed by atoms with E-state index in [-0.39, 0.29) is 17.0 Å². The van der Waals surface area contributed by atoms with Crippen LogP contribution in [0.4, 0.5) is 13.2 Å². The van der Waals surface area contributed by atoms with Crippen LogP contribution in [0.25, 0.3) is 0 Å². The highest BCUT2D eigenvalue weighted by Gasteiger charge is 2.30. The lowest BCUT2D eigenvalue weighted by atomic mass is 10.1. The first-order valence-corrected chi connectivity index (χ1v) is 8.84. The van der Waals surface area contributed by atoms with Gasteiger partial charge in [-0.05, 0) is 29.8 Å². The Balaban J connectivity index is 1.97. The first-order valence-electron chi connectivity index (χ1n) is 7.40. The molecule has 6 nitrogen and oxygen atoms in total. The minimum atomic E-state index is -4.47. The summed E-state index contributed by atoms with van der Waals surface area (Å²) < 4.78 is 63.4. The van der Waals surface area contributed by atoms with Gasteiger partial charge in [-0.15, -0.1) is 0 Å². The minimum absolute atomic E-state index is 0.0619. The number of pyridine rings is 1. The van der Waals surface area contributed by atoms with Gasteiger partial charge < -0.3 is 5.32 Å². The summed E-state index contributed by atoms with van der Waals surface area (Å²) >= 11 is 0. The van der Waals surface area contributed by atoms with Crippen molar-refractivity contribution >= 4 is 15.9 Å². The number of aromatic nitrogens is 1. The predicted molar refractivity (Wildman–Crippen MR) is 87.3 cm³/mol. The number of sulfonamides is 1. The molecule has 0 aliphatic heterocycles. The summed E-state index contributed by atoms with van der Waals surface area (Å²) in [6, 6.07) is 7.33. The van der Waals surface area contributed by atoms with E-state index in [1.165, 1.54) is 37.5 Å². The van der Waals surface area contributed by atoms with Gasteiger partial charge in [0.2, 0.25) is 15.9 Å². The molecule has 0 spiro atoms. The summed E-state index contributed by atoms with van der Waals surface area (Å²) in [5.41, 5.74) is -0.563. The summed E-state index contributed by atoms with van der Waals surface area (Å²) in [4.78, 5) is 15.6. The van der Waals surface area contributed by atoms with Crippen LogP contribution in [-0.4, -0.2) is 37.2 Å². The highest BCUT2D eigenvalue weighted by atomic mass is 32.2. The molecule has 0 atom stereocenters. The molecule has 2 rings (SSSR count). The lowest BCUT2D eigenvalue weighted by Gasteiger charge is -2.16. The van der Waals surface area contributed by atoms with Gasteiger partial charge in [0.1, 0.15) is 4.90 Å². The third-order valence-corrected chi connectivity index (χ3v) is 5.24. The SMILES string of the molecule is CN(CC(=O)NCc1cccc(C(F)(F)F)c1)S(=O)(=O)c1cccnc1. The second kappa shape index (κ2) is 7.83. The fourth-order valence-corrected chi connectivity index (χ4v) is 3.17. The van der Waals surface area contributed by atoms with Crippen LogP contribution < -0.4 is 5.32 Å². The Hall–Kier alpha value is -2.46. The zero-order valence-electron chi connectivity index (χ0n) is 13.7. The third kappa shape index (κ3) is 5.02. The maximum Gasteiger partial charge on any atom is 0.416 e. The smallest absolute Gasteiger partial charge is 0.351 e. The van der Waals surface area contributed by atoms with Crippen molar-refractivity contribution in [2.75, 3.05) is 13.6 Å². The quantitative estimate of drug-likeness (QED) is 0.823. The van der Waals surface area contributed by atoms with E-state index in [0.717, 1.165) is 22.6 Å². The summed E-state index contributed by atoms with van der Waals surface area (Å²) in [5.74, 6) is -0.641. The van der Waals surface area contributed by atoms with Gasteiger partial charge in [0.15, 0.2) is 0 Å². The average Bonchev–Trinajstić information content (AvgIpc) is 2.60. The molecule has 10 heteroatoms. The second-order valence-electron chi connectivity index (χ2n) is 5.42. The second-order valence-corrected chi connectivity index (χ2v) is 7.47. The van der Waals surface area contributed by atoms with Crippen molar-refractivity contribution < 1.29 is 26.4 Å². The molecule has 0 saturated carbocycles. The van der Waals surface area contributed by atoms with E-state index in [2.05, 4.69) is 10.3 Å². The maximum atomic E-state index is 12.7. The summed E-state index contributed by atoms with van der Waals surface area (Å²) in [7, 11) is -2.65. The van der Waals surface area contributed by atoms with E-state index < -0.39 is 34.2 Å². The van der Waals surface area contributed by atoms with Gasteiger partial charge in [-0.2, -0.15) is 17.5 Å². The molecule has 1 aromatic carbocycles. The van der Waals surface area contributed by atoms with Crippen molar-refractivity contribution in [1.29, 1.82) is 0 Å². The van der Waals surface area contributed by atoms with Gasteiger partial charge in [0, 0.05) is 26.0 Å². The highest BCUT2D eigenvalue weighted by Crippen LogP contribution is 2.29. The summed E-state index contributed by atoms with van der Waals surface area (Å²) in [6.45, 7) is -0.625. The third-order valence-electron chi connectivity index (χ3n) is 3.45. The van der Waals surface area contributed by atoms with Crippen LogP contribution in [0.15, 0.2) is 53.7 Å². The van der Waals surface area contributed by atoms with E-state index in [1.54, 1.807) is 0 Å². The zero-order valence-corrected chi connectivity index (χ0v) is 14.5. The van der Waals surface area contributed by atoms with Crippen LogP contribution in [-0.2, 0) is 27.5 Å². The van der Waals surface area contributed by atoms with Crippen LogP contribution in [0.2, 0.25) is 0 Å². The number of benzene rings is 1. The number of amides is 1. The molecule has 1 aromatic heterocycles. The normalized spacial score (nSPS) is 12.2. The van der Waals surface area contributed by atoms with Crippen molar-refractivity contribution in [2.45, 2.75) is 17.6 Å². The number of hydrogen-bond acceptors (Lipinski definition) is 4. The Morgan fingerprint density at radius 3 is 2.58 bits per heavy atom. The molecule has 0 fully saturated rings. The molecule has 0 aliphatic rings. The van der Waals surface area contributed by atoms with Crippen molar-refractivity contribution in [3.8, 4) is 0 Å². The largest absolute Gasteiger partial charge is 0.416 e. The van der Waals surface area contributed by atoms with Gasteiger partial charge in [0.05, 0.1) is 12.1 Å². The molecule has 1 N–H and O–H groups in total. The average molecular weight is 387 g/mol. The van der Waals surface area contributed by atoms with Gasteiger partial charge in [0.25, 0.3) is 0 Å². The van der Waals surface area contributed by atoms with Crippen LogP contribution in [0.5, 0.6) is 0 Å². The Bertz CT molecular complexity index is 871. The molecule has 140 valence electrons. The molecule has 26 heavy (non-hydrogen) atoms. The van der Waals surface area contributed by atoms with Crippen LogP contribution in [0.3, 0.4) is 0 Å². The van der Waals surface area contributed by atoms with E-state index >= 15 is 0 Å². The lowest BCUT2D eigenvalue weighted by molar-refractivity contribution is -0.137. The topological polar surface area (TPSA) is 79.4 Å². The van der Waals surface area contributed by atoms with Crippen molar-refractivity contribution in [3.63, 3.8) is 0 Å². The molecule has 0 radical (unpaired) electrons. The van der Waals surface area contributed by atoms with E-state index in [4.69, 9.17) is 0 Å². The monoisotopic (exact) mass is 387 g/mol. The van der Waals surface area contributed by atoms with Crippen LogP contribution in [0, 0.1) is 0 Å². The fourth-order valence-electron chi connectivity index (χ4n) is 2.08. The Kier molecular flexibility index (Phi) is 5.98. The lowest BCUT2D eigenvalue weighted by Crippen LogP contribution is -2.38. The predicted octanol–water partition coefficient (Wildman–Crippen LogP) is 2.04. The number of likely N-dealkylation sites (N-methyl/N-ethyl adjacent to an activating group) is 1.